The van der Waals surface area contributed by atoms with E-state index in [0.717, 1.165) is 19.0 Å². The zero-order valence-electron chi connectivity index (χ0n) is 9.26. The molecule has 0 aliphatic heterocycles. The normalized spacial score (nSPS) is 18.1. The van der Waals surface area contributed by atoms with Crippen LogP contribution in [0.15, 0.2) is 24.5 Å². The van der Waals surface area contributed by atoms with E-state index in [9.17, 15) is 0 Å². The molecule has 1 atom stereocenters. The lowest BCUT2D eigenvalue weighted by molar-refractivity contribution is 0.292. The quantitative estimate of drug-likeness (QED) is 0.786. The molecule has 15 heavy (non-hydrogen) atoms. The molecule has 1 aromatic heterocycles. The van der Waals surface area contributed by atoms with Gasteiger partial charge in [-0.2, -0.15) is 0 Å². The van der Waals surface area contributed by atoms with Crippen LogP contribution < -0.4 is 5.73 Å². The van der Waals surface area contributed by atoms with E-state index in [1.165, 1.54) is 18.4 Å². The van der Waals surface area contributed by atoms with E-state index in [0.29, 0.717) is 6.04 Å². The van der Waals surface area contributed by atoms with Crippen molar-refractivity contribution in [2.75, 3.05) is 13.6 Å². The summed E-state index contributed by atoms with van der Waals surface area (Å²) in [6.07, 6.45) is 6.32. The van der Waals surface area contributed by atoms with Crippen LogP contribution >= 0.6 is 0 Å². The van der Waals surface area contributed by atoms with Crippen LogP contribution in [-0.4, -0.2) is 29.5 Å². The van der Waals surface area contributed by atoms with Crippen molar-refractivity contribution in [2.24, 2.45) is 11.7 Å². The molecule has 0 radical (unpaired) electrons. The van der Waals surface area contributed by atoms with Crippen molar-refractivity contribution in [2.45, 2.75) is 25.4 Å². The minimum Gasteiger partial charge on any atom is -0.326 e. The van der Waals surface area contributed by atoms with Gasteiger partial charge in [-0.15, -0.1) is 0 Å². The van der Waals surface area contributed by atoms with Crippen molar-refractivity contribution in [3.63, 3.8) is 0 Å². The third-order valence-electron chi connectivity index (χ3n) is 2.95. The Balaban J connectivity index is 1.79. The van der Waals surface area contributed by atoms with Gasteiger partial charge in [0.1, 0.15) is 0 Å². The second kappa shape index (κ2) is 4.73. The predicted molar refractivity (Wildman–Crippen MR) is 61.3 cm³/mol. The van der Waals surface area contributed by atoms with E-state index < -0.39 is 0 Å². The molecule has 1 fully saturated rings. The van der Waals surface area contributed by atoms with Gasteiger partial charge in [-0.3, -0.25) is 4.98 Å². The zero-order chi connectivity index (χ0) is 10.7. The molecule has 1 aliphatic carbocycles. The summed E-state index contributed by atoms with van der Waals surface area (Å²) in [7, 11) is 2.13. The second-order valence-electron chi connectivity index (χ2n) is 4.55. The molecule has 1 aromatic rings. The zero-order valence-corrected chi connectivity index (χ0v) is 9.26. The Kier molecular flexibility index (Phi) is 3.34. The minimum absolute atomic E-state index is 0.358. The number of pyridine rings is 1. The number of nitrogens with two attached hydrogens (primary N) is 1. The maximum absolute atomic E-state index is 6.08. The van der Waals surface area contributed by atoms with Gasteiger partial charge < -0.3 is 10.6 Å². The molecule has 1 heterocycles. The minimum atomic E-state index is 0.358. The molecule has 2 N–H and O–H groups in total. The molecule has 1 unspecified atom stereocenters. The molecule has 0 bridgehead atoms. The maximum Gasteiger partial charge on any atom is 0.0271 e. The number of aromatic nitrogens is 1. The van der Waals surface area contributed by atoms with Gasteiger partial charge in [0.15, 0.2) is 0 Å². The lowest BCUT2D eigenvalue weighted by Crippen LogP contribution is -2.36. The fourth-order valence-electron chi connectivity index (χ4n) is 1.90. The molecule has 3 heteroatoms. The standard InChI is InChI=1S/C12H19N3/c1-15(9-12(13)11-2-3-11)8-10-4-6-14-7-5-10/h4-7,11-12H,2-3,8-9,13H2,1H3. The van der Waals surface area contributed by atoms with Crippen LogP contribution in [0.1, 0.15) is 18.4 Å². The summed E-state index contributed by atoms with van der Waals surface area (Å²) in [6, 6.07) is 4.47. The van der Waals surface area contributed by atoms with Gasteiger partial charge in [-0.25, -0.2) is 0 Å². The predicted octanol–water partition coefficient (Wildman–Crippen LogP) is 1.25. The van der Waals surface area contributed by atoms with E-state index in [-0.39, 0.29) is 0 Å². The molecular weight excluding hydrogens is 186 g/mol. The van der Waals surface area contributed by atoms with Crippen LogP contribution in [0.5, 0.6) is 0 Å². The number of nitrogens with zero attached hydrogens (tertiary/aromatic N) is 2. The Morgan fingerprint density at radius 2 is 2.13 bits per heavy atom. The number of rotatable bonds is 5. The van der Waals surface area contributed by atoms with Gasteiger partial charge in [-0.1, -0.05) is 0 Å². The van der Waals surface area contributed by atoms with Crippen LogP contribution in [-0.2, 0) is 6.54 Å². The van der Waals surface area contributed by atoms with E-state index in [1.54, 1.807) is 0 Å². The van der Waals surface area contributed by atoms with Crippen LogP contribution in [0.4, 0.5) is 0 Å². The van der Waals surface area contributed by atoms with E-state index >= 15 is 0 Å². The molecule has 1 saturated carbocycles. The first-order valence-electron chi connectivity index (χ1n) is 5.59. The van der Waals surface area contributed by atoms with Gasteiger partial charge in [0.25, 0.3) is 0 Å². The third kappa shape index (κ3) is 3.29. The van der Waals surface area contributed by atoms with Crippen molar-refractivity contribution < 1.29 is 0 Å². The lowest BCUT2D eigenvalue weighted by atomic mass is 10.2. The molecule has 0 amide bonds. The summed E-state index contributed by atoms with van der Waals surface area (Å²) in [4.78, 5) is 6.30. The van der Waals surface area contributed by atoms with E-state index in [1.807, 2.05) is 12.4 Å². The smallest absolute Gasteiger partial charge is 0.0271 e. The average Bonchev–Trinajstić information content (AvgIpc) is 3.01. The van der Waals surface area contributed by atoms with Gasteiger partial charge in [0.05, 0.1) is 0 Å². The molecule has 82 valence electrons. The molecule has 1 aliphatic rings. The number of hydrogen-bond acceptors (Lipinski definition) is 3. The van der Waals surface area contributed by atoms with Crippen molar-refractivity contribution in [1.82, 2.24) is 9.88 Å². The highest BCUT2D eigenvalue weighted by Crippen LogP contribution is 2.31. The van der Waals surface area contributed by atoms with Crippen LogP contribution in [0.25, 0.3) is 0 Å². The molecule has 0 saturated heterocycles. The van der Waals surface area contributed by atoms with Gasteiger partial charge in [0.2, 0.25) is 0 Å². The van der Waals surface area contributed by atoms with Crippen molar-refractivity contribution >= 4 is 0 Å². The first kappa shape index (κ1) is 10.6. The third-order valence-corrected chi connectivity index (χ3v) is 2.95. The Bertz CT molecular complexity index is 295. The molecule has 2 rings (SSSR count). The molecule has 3 nitrogen and oxygen atoms in total. The van der Waals surface area contributed by atoms with E-state index in [4.69, 9.17) is 5.73 Å². The highest BCUT2D eigenvalue weighted by molar-refractivity contribution is 5.09. The first-order chi connectivity index (χ1) is 7.25. The number of hydrogen-bond donors (Lipinski definition) is 1. The van der Waals surface area contributed by atoms with Gasteiger partial charge in [0, 0.05) is 31.5 Å². The number of likely N-dealkylation sites (N-methyl/N-ethyl adjacent to an activating group) is 1. The Morgan fingerprint density at radius 1 is 1.47 bits per heavy atom. The average molecular weight is 205 g/mol. The highest BCUT2D eigenvalue weighted by atomic mass is 15.1. The molecule has 0 spiro atoms. The second-order valence-corrected chi connectivity index (χ2v) is 4.55. The maximum atomic E-state index is 6.08. The Hall–Kier alpha value is -0.930. The van der Waals surface area contributed by atoms with Crippen molar-refractivity contribution in [1.29, 1.82) is 0 Å². The van der Waals surface area contributed by atoms with Crippen molar-refractivity contribution in [3.8, 4) is 0 Å². The fourth-order valence-corrected chi connectivity index (χ4v) is 1.90. The summed E-state index contributed by atoms with van der Waals surface area (Å²) in [5.74, 6) is 0.782. The fraction of sp³-hybridized carbons (Fsp3) is 0.583. The van der Waals surface area contributed by atoms with Gasteiger partial charge >= 0.3 is 0 Å². The summed E-state index contributed by atoms with van der Waals surface area (Å²) in [5.41, 5.74) is 7.38. The van der Waals surface area contributed by atoms with Crippen molar-refractivity contribution in [3.05, 3.63) is 30.1 Å². The monoisotopic (exact) mass is 205 g/mol. The lowest BCUT2D eigenvalue weighted by Gasteiger charge is -2.20. The topological polar surface area (TPSA) is 42.2 Å². The van der Waals surface area contributed by atoms with Crippen LogP contribution in [0.3, 0.4) is 0 Å². The molecule has 0 aromatic carbocycles. The SMILES string of the molecule is CN(Cc1ccncc1)CC(N)C1CC1. The summed E-state index contributed by atoms with van der Waals surface area (Å²) >= 11 is 0. The molecular formula is C12H19N3. The van der Waals surface area contributed by atoms with E-state index in [2.05, 4.69) is 29.1 Å². The Morgan fingerprint density at radius 3 is 2.73 bits per heavy atom. The highest BCUT2D eigenvalue weighted by Gasteiger charge is 2.28. The Labute approximate surface area is 91.3 Å². The van der Waals surface area contributed by atoms with Crippen LogP contribution in [0, 0.1) is 5.92 Å². The summed E-state index contributed by atoms with van der Waals surface area (Å²) in [6.45, 7) is 1.95. The summed E-state index contributed by atoms with van der Waals surface area (Å²) < 4.78 is 0. The van der Waals surface area contributed by atoms with Crippen LogP contribution in [0.2, 0.25) is 0 Å². The largest absolute Gasteiger partial charge is 0.326 e. The van der Waals surface area contributed by atoms with Gasteiger partial charge in [-0.05, 0) is 43.5 Å². The summed E-state index contributed by atoms with van der Waals surface area (Å²) in [5, 5.41) is 0. The first-order valence-corrected chi connectivity index (χ1v) is 5.59.